The van der Waals surface area contributed by atoms with Crippen molar-refractivity contribution in [2.24, 2.45) is 0 Å². The number of ether oxygens (including phenoxy) is 2. The first-order valence-electron chi connectivity index (χ1n) is 7.97. The molecule has 0 fully saturated rings. The summed E-state index contributed by atoms with van der Waals surface area (Å²) in [6, 6.07) is 13.1. The Morgan fingerprint density at radius 3 is 2.46 bits per heavy atom. The van der Waals surface area contributed by atoms with Gasteiger partial charge in [0, 0.05) is 18.0 Å². The summed E-state index contributed by atoms with van der Waals surface area (Å²) < 4.78 is 11.5. The van der Waals surface area contributed by atoms with Crippen molar-refractivity contribution in [1.82, 2.24) is 0 Å². The van der Waals surface area contributed by atoms with Gasteiger partial charge < -0.3 is 25.1 Å². The van der Waals surface area contributed by atoms with Gasteiger partial charge in [0.15, 0.2) is 11.5 Å². The van der Waals surface area contributed by atoms with Crippen molar-refractivity contribution in [3.05, 3.63) is 59.2 Å². The van der Waals surface area contributed by atoms with Gasteiger partial charge in [-0.15, -0.1) is 0 Å². The number of benzene rings is 2. The van der Waals surface area contributed by atoms with E-state index < -0.39 is 5.97 Å². The van der Waals surface area contributed by atoms with E-state index in [2.05, 4.69) is 5.73 Å². The van der Waals surface area contributed by atoms with Gasteiger partial charge in [0.1, 0.15) is 12.6 Å². The molecule has 0 aliphatic rings. The monoisotopic (exact) mass is 329 g/mol. The molecule has 128 valence electrons. The molecule has 0 amide bonds. The van der Waals surface area contributed by atoms with Crippen LogP contribution in [0, 0.1) is 6.92 Å². The molecule has 0 radical (unpaired) electrons. The van der Waals surface area contributed by atoms with Crippen molar-refractivity contribution in [1.29, 1.82) is 0 Å². The third-order valence-electron chi connectivity index (χ3n) is 3.67. The van der Waals surface area contributed by atoms with Gasteiger partial charge >= 0.3 is 0 Å². The molecule has 2 aromatic carbocycles. The van der Waals surface area contributed by atoms with Crippen molar-refractivity contribution in [2.75, 3.05) is 6.61 Å². The van der Waals surface area contributed by atoms with Crippen LogP contribution in [0.3, 0.4) is 0 Å². The van der Waals surface area contributed by atoms with Crippen LogP contribution in [0.2, 0.25) is 0 Å². The van der Waals surface area contributed by atoms with Crippen LogP contribution in [0.25, 0.3) is 0 Å². The van der Waals surface area contributed by atoms with Crippen molar-refractivity contribution in [3.63, 3.8) is 0 Å². The highest BCUT2D eigenvalue weighted by Gasteiger charge is 2.14. The third kappa shape index (κ3) is 4.99. The minimum absolute atomic E-state index is 0.130. The maximum atomic E-state index is 10.7. The number of carboxylic acids is 1. The molecule has 0 aromatic heterocycles. The minimum Gasteiger partial charge on any atom is -0.550 e. The summed E-state index contributed by atoms with van der Waals surface area (Å²) in [5.41, 5.74) is 6.92. The first-order valence-corrected chi connectivity index (χ1v) is 7.97. The molecule has 3 N–H and O–H groups in total. The van der Waals surface area contributed by atoms with Gasteiger partial charge in [-0.25, -0.2) is 0 Å². The average Bonchev–Trinajstić information content (AvgIpc) is 2.54. The largest absolute Gasteiger partial charge is 0.550 e. The quantitative estimate of drug-likeness (QED) is 0.793. The molecule has 5 nitrogen and oxygen atoms in total. The fourth-order valence-electron chi connectivity index (χ4n) is 2.33. The number of carbonyl (C=O) groups excluding carboxylic acids is 1. The van der Waals surface area contributed by atoms with Gasteiger partial charge in [0.05, 0.1) is 6.61 Å². The van der Waals surface area contributed by atoms with Crippen molar-refractivity contribution in [2.45, 2.75) is 32.9 Å². The van der Waals surface area contributed by atoms with Crippen LogP contribution in [0.4, 0.5) is 0 Å². The zero-order chi connectivity index (χ0) is 17.5. The molecule has 0 unspecified atom stereocenters. The SMILES string of the molecule is CCOc1cc([C@H]([NH3+])CC(=O)[O-])ccc1OCc1ccc(C)cc1. The highest BCUT2D eigenvalue weighted by atomic mass is 16.5. The standard InChI is InChI=1S/C19H23NO4/c1-3-23-18-10-15(16(20)11-19(21)22)8-9-17(18)24-12-14-6-4-13(2)5-7-14/h4-10,16H,3,11-12,20H2,1-2H3,(H,21,22)/t16-/m1/s1. The summed E-state index contributed by atoms with van der Waals surface area (Å²) in [6.07, 6.45) is -0.130. The Bertz CT molecular complexity index is 682. The molecule has 0 spiro atoms. The molecule has 0 bridgehead atoms. The molecule has 24 heavy (non-hydrogen) atoms. The van der Waals surface area contributed by atoms with E-state index >= 15 is 0 Å². The fourth-order valence-corrected chi connectivity index (χ4v) is 2.33. The van der Waals surface area contributed by atoms with Crippen LogP contribution in [-0.4, -0.2) is 12.6 Å². The summed E-state index contributed by atoms with van der Waals surface area (Å²) in [5.74, 6) is 0.101. The number of hydrogen-bond donors (Lipinski definition) is 1. The number of carboxylic acid groups (broad SMARTS) is 1. The number of carbonyl (C=O) groups is 1. The lowest BCUT2D eigenvalue weighted by Gasteiger charge is -2.15. The molecule has 2 rings (SSSR count). The minimum atomic E-state index is -1.12. The first kappa shape index (κ1) is 17.8. The Labute approximate surface area is 142 Å². The Balaban J connectivity index is 2.13. The van der Waals surface area contributed by atoms with E-state index in [-0.39, 0.29) is 12.5 Å². The summed E-state index contributed by atoms with van der Waals surface area (Å²) in [4.78, 5) is 10.7. The van der Waals surface area contributed by atoms with E-state index in [1.165, 1.54) is 5.56 Å². The third-order valence-corrected chi connectivity index (χ3v) is 3.67. The van der Waals surface area contributed by atoms with Crippen LogP contribution in [-0.2, 0) is 11.4 Å². The Morgan fingerprint density at radius 1 is 1.12 bits per heavy atom. The van der Waals surface area contributed by atoms with Crippen molar-refractivity contribution < 1.29 is 25.1 Å². The summed E-state index contributed by atoms with van der Waals surface area (Å²) >= 11 is 0. The zero-order valence-corrected chi connectivity index (χ0v) is 14.1. The Morgan fingerprint density at radius 2 is 1.83 bits per heavy atom. The van der Waals surface area contributed by atoms with Crippen LogP contribution >= 0.6 is 0 Å². The molecule has 0 saturated heterocycles. The summed E-state index contributed by atoms with van der Waals surface area (Å²) in [5, 5.41) is 10.7. The molecular formula is C19H23NO4. The second kappa shape index (κ2) is 8.36. The number of aliphatic carboxylic acids is 1. The molecule has 0 saturated carbocycles. The lowest BCUT2D eigenvalue weighted by atomic mass is 10.0. The summed E-state index contributed by atoms with van der Waals surface area (Å²) in [7, 11) is 0. The fraction of sp³-hybridized carbons (Fsp3) is 0.316. The maximum absolute atomic E-state index is 10.7. The lowest BCUT2D eigenvalue weighted by molar-refractivity contribution is -0.430. The second-order valence-corrected chi connectivity index (χ2v) is 5.69. The van der Waals surface area contributed by atoms with Gasteiger partial charge in [0.2, 0.25) is 0 Å². The van der Waals surface area contributed by atoms with E-state index in [1.807, 2.05) is 44.2 Å². The van der Waals surface area contributed by atoms with Crippen LogP contribution in [0.5, 0.6) is 11.5 Å². The van der Waals surface area contributed by atoms with Crippen molar-refractivity contribution in [3.8, 4) is 11.5 Å². The Kier molecular flexibility index (Phi) is 6.21. The lowest BCUT2D eigenvalue weighted by Crippen LogP contribution is -2.55. The smallest absolute Gasteiger partial charge is 0.161 e. The molecule has 1 atom stereocenters. The molecule has 5 heteroatoms. The van der Waals surface area contributed by atoms with E-state index in [1.54, 1.807) is 12.1 Å². The van der Waals surface area contributed by atoms with E-state index in [4.69, 9.17) is 9.47 Å². The highest BCUT2D eigenvalue weighted by Crippen LogP contribution is 2.31. The Hall–Kier alpha value is -2.53. The van der Waals surface area contributed by atoms with Gasteiger partial charge in [-0.3, -0.25) is 0 Å². The highest BCUT2D eigenvalue weighted by molar-refractivity contribution is 5.65. The molecule has 0 aliphatic carbocycles. The maximum Gasteiger partial charge on any atom is 0.161 e. The van der Waals surface area contributed by atoms with Crippen LogP contribution < -0.4 is 20.3 Å². The van der Waals surface area contributed by atoms with E-state index in [0.717, 1.165) is 11.1 Å². The number of rotatable bonds is 8. The van der Waals surface area contributed by atoms with E-state index in [0.29, 0.717) is 24.7 Å². The first-order chi connectivity index (χ1) is 11.5. The predicted octanol–water partition coefficient (Wildman–Crippen LogP) is 1.40. The zero-order valence-electron chi connectivity index (χ0n) is 14.1. The molecule has 0 aliphatic heterocycles. The molecular weight excluding hydrogens is 306 g/mol. The predicted molar refractivity (Wildman–Crippen MR) is 88.4 cm³/mol. The molecule has 2 aromatic rings. The average molecular weight is 329 g/mol. The summed E-state index contributed by atoms with van der Waals surface area (Å²) in [6.45, 7) is 4.86. The topological polar surface area (TPSA) is 86.2 Å². The molecule has 0 heterocycles. The van der Waals surface area contributed by atoms with Crippen LogP contribution in [0.15, 0.2) is 42.5 Å². The van der Waals surface area contributed by atoms with Gasteiger partial charge in [-0.05, 0) is 37.6 Å². The van der Waals surface area contributed by atoms with Gasteiger partial charge in [0.25, 0.3) is 0 Å². The van der Waals surface area contributed by atoms with Crippen LogP contribution in [0.1, 0.15) is 36.1 Å². The van der Waals surface area contributed by atoms with Gasteiger partial charge in [-0.2, -0.15) is 0 Å². The number of hydrogen-bond acceptors (Lipinski definition) is 4. The van der Waals surface area contributed by atoms with E-state index in [9.17, 15) is 9.90 Å². The second-order valence-electron chi connectivity index (χ2n) is 5.69. The van der Waals surface area contributed by atoms with Gasteiger partial charge in [-0.1, -0.05) is 29.8 Å². The number of aryl methyl sites for hydroxylation is 1. The van der Waals surface area contributed by atoms with Crippen molar-refractivity contribution >= 4 is 5.97 Å². The normalized spacial score (nSPS) is 11.8. The number of quaternary nitrogens is 1.